The molecular formula is C136H86N6. The van der Waals surface area contributed by atoms with E-state index in [1.807, 2.05) is 73.3 Å². The Morgan fingerprint density at radius 1 is 0.113 bits per heavy atom. The zero-order valence-electron chi connectivity index (χ0n) is 77.3. The van der Waals surface area contributed by atoms with Crippen LogP contribution < -0.4 is 0 Å². The zero-order chi connectivity index (χ0) is 93.7. The summed E-state index contributed by atoms with van der Waals surface area (Å²) in [6.07, 6.45) is 7.44. The van der Waals surface area contributed by atoms with Crippen LogP contribution in [0.25, 0.3) is 275 Å². The third-order valence-corrected chi connectivity index (χ3v) is 28.8. The highest BCUT2D eigenvalue weighted by Gasteiger charge is 2.29. The highest BCUT2D eigenvalue weighted by Crippen LogP contribution is 2.55. The quantitative estimate of drug-likeness (QED) is 0.102. The minimum absolute atomic E-state index is 0.919. The summed E-state index contributed by atoms with van der Waals surface area (Å²) in [7, 11) is 0. The number of para-hydroxylation sites is 4. The van der Waals surface area contributed by atoms with Crippen molar-refractivity contribution in [1.82, 2.24) is 29.1 Å². The molecule has 0 aliphatic carbocycles. The van der Waals surface area contributed by atoms with Gasteiger partial charge in [0.15, 0.2) is 0 Å². The Balaban J connectivity index is 0.000000145. The fraction of sp³-hybridized carbons (Fsp3) is 0. The van der Waals surface area contributed by atoms with Crippen molar-refractivity contribution in [1.29, 1.82) is 0 Å². The van der Waals surface area contributed by atoms with Gasteiger partial charge in [0.2, 0.25) is 0 Å². The lowest BCUT2D eigenvalue weighted by Gasteiger charge is -2.23. The average molecular weight is 1800 g/mol. The molecule has 0 atom stereocenters. The van der Waals surface area contributed by atoms with Crippen LogP contribution in [0.5, 0.6) is 0 Å². The first-order valence-electron chi connectivity index (χ1n) is 48.6. The number of hydrogen-bond donors (Lipinski definition) is 0. The molecule has 28 rings (SSSR count). The average Bonchev–Trinajstić information content (AvgIpc) is 1.15. The number of aromatic nitrogens is 6. The first-order valence-corrected chi connectivity index (χ1v) is 48.6. The standard InChI is InChI=1S/C76H48N2.C60H38N4/c1-3-23-49(24-4-1)51-43-53(47-55(45-51)77-69-39-19-15-27-57(69)58-28-16-20-40-70(58)77)73-61-31-7-11-35-65(61)75(66-36-12-8-32-62(66)73)76-67-37-13-9-33-63(67)74(64-34-10-14-38-68(64)76)54-44-52(50-25-5-2-6-26-50)46-56(48-54)78-71-41-21-17-29-59(71)60-30-18-22-42-72(60)78;1-5-21-49-45(17-1)57(43-35-39(53-25-9-13-29-61-53)33-40(36-43)54-26-10-14-30-62-54)46-18-2-6-22-50(46)59(49)60-51-23-7-3-19-47(51)58(48-20-4-8-24-52(48)60)44-37-41(55-27-11-15-31-63-55)34-42(38-44)56-28-12-16-32-64-56/h1-48H;1-38H. The lowest BCUT2D eigenvalue weighted by molar-refractivity contribution is 1.18. The van der Waals surface area contributed by atoms with Crippen molar-refractivity contribution >= 4 is 130 Å². The number of pyridine rings is 4. The SMILES string of the molecule is c1ccc(-c2cc(-c3c4ccccc4c(-c4c5ccccc5c(-c5cc(-c6ccccc6)cc(-n6c7ccccc7c7ccccc76)c5)c5ccccc45)c4ccccc34)cc(-n3c4ccccc4c4ccccc43)c2)cc1.c1ccc(-c2cc(-c3ccccn3)cc(-c3c4ccccc4c(-c4c5ccccc5c(-c5cc(-c6ccccn6)cc(-c6ccccn6)c5)c5ccccc45)c4ccccc34)c2)nc1. The summed E-state index contributed by atoms with van der Waals surface area (Å²) < 4.78 is 4.92. The van der Waals surface area contributed by atoms with E-state index in [0.29, 0.717) is 0 Å². The molecule has 0 unspecified atom stereocenters. The van der Waals surface area contributed by atoms with Gasteiger partial charge in [-0.1, -0.05) is 352 Å². The summed E-state index contributed by atoms with van der Waals surface area (Å²) >= 11 is 0. The first-order chi connectivity index (χ1) is 70.5. The van der Waals surface area contributed by atoms with Crippen molar-refractivity contribution in [3.8, 4) is 145 Å². The molecule has 0 radical (unpaired) electrons. The summed E-state index contributed by atoms with van der Waals surface area (Å²) in [6.45, 7) is 0. The molecule has 0 bridgehead atoms. The second-order valence-electron chi connectivity index (χ2n) is 36.8. The van der Waals surface area contributed by atoms with Crippen LogP contribution in [0.2, 0.25) is 0 Å². The maximum absolute atomic E-state index is 4.80. The third-order valence-electron chi connectivity index (χ3n) is 28.8. The van der Waals surface area contributed by atoms with Crippen LogP contribution in [0.15, 0.2) is 522 Å². The maximum atomic E-state index is 4.80. The summed E-state index contributed by atoms with van der Waals surface area (Å²) in [5.41, 5.74) is 33.9. The van der Waals surface area contributed by atoms with E-state index in [9.17, 15) is 0 Å². The molecule has 0 spiro atoms. The van der Waals surface area contributed by atoms with Crippen LogP contribution in [-0.2, 0) is 0 Å². The summed E-state index contributed by atoms with van der Waals surface area (Å²) in [5.74, 6) is 0. The van der Waals surface area contributed by atoms with E-state index < -0.39 is 0 Å². The van der Waals surface area contributed by atoms with Gasteiger partial charge in [0.1, 0.15) is 0 Å². The molecule has 660 valence electrons. The number of fused-ring (bicyclic) bond motifs is 14. The van der Waals surface area contributed by atoms with Gasteiger partial charge < -0.3 is 9.13 Å². The Kier molecular flexibility index (Phi) is 20.2. The van der Waals surface area contributed by atoms with Gasteiger partial charge in [-0.3, -0.25) is 19.9 Å². The second-order valence-corrected chi connectivity index (χ2v) is 36.8. The number of nitrogens with zero attached hydrogens (tertiary/aromatic N) is 6. The van der Waals surface area contributed by atoms with Crippen molar-refractivity contribution in [3.63, 3.8) is 0 Å². The molecule has 0 N–H and O–H groups in total. The van der Waals surface area contributed by atoms with Crippen LogP contribution in [0.1, 0.15) is 0 Å². The molecule has 6 heterocycles. The van der Waals surface area contributed by atoms with Crippen LogP contribution in [0.3, 0.4) is 0 Å². The van der Waals surface area contributed by atoms with Crippen LogP contribution >= 0.6 is 0 Å². The summed E-state index contributed by atoms with van der Waals surface area (Å²) in [4.78, 5) is 19.2. The Hall–Kier alpha value is -18.9. The molecule has 6 nitrogen and oxygen atoms in total. The maximum Gasteiger partial charge on any atom is 0.0702 e. The van der Waals surface area contributed by atoms with Gasteiger partial charge in [0.05, 0.1) is 44.8 Å². The fourth-order valence-electron chi connectivity index (χ4n) is 22.9. The van der Waals surface area contributed by atoms with Gasteiger partial charge >= 0.3 is 0 Å². The predicted octanol–water partition coefficient (Wildman–Crippen LogP) is 36.4. The molecule has 142 heavy (non-hydrogen) atoms. The van der Waals surface area contributed by atoms with Gasteiger partial charge in [0, 0.05) is 80.0 Å². The normalized spacial score (nSPS) is 11.7. The van der Waals surface area contributed by atoms with E-state index >= 15 is 0 Å². The number of benzene rings is 22. The Labute approximate surface area is 820 Å². The number of hydrogen-bond acceptors (Lipinski definition) is 4. The zero-order valence-corrected chi connectivity index (χ0v) is 77.3. The molecule has 0 aliphatic rings. The minimum atomic E-state index is 0.919. The van der Waals surface area contributed by atoms with Gasteiger partial charge in [-0.2, -0.15) is 0 Å². The molecular weight excluding hydrogens is 1720 g/mol. The molecule has 0 amide bonds. The second kappa shape index (κ2) is 34.7. The van der Waals surface area contributed by atoms with Gasteiger partial charge in [-0.25, -0.2) is 0 Å². The molecule has 0 fully saturated rings. The third kappa shape index (κ3) is 14.0. The molecule has 0 saturated carbocycles. The van der Waals surface area contributed by atoms with Crippen molar-refractivity contribution in [2.45, 2.75) is 0 Å². The van der Waals surface area contributed by atoms with Crippen molar-refractivity contribution in [3.05, 3.63) is 522 Å². The topological polar surface area (TPSA) is 61.4 Å². The molecule has 22 aromatic carbocycles. The molecule has 28 aromatic rings. The fourth-order valence-corrected chi connectivity index (χ4v) is 22.9. The van der Waals surface area contributed by atoms with Gasteiger partial charge in [0.25, 0.3) is 0 Å². The largest absolute Gasteiger partial charge is 0.309 e. The van der Waals surface area contributed by atoms with Crippen LogP contribution in [0, 0.1) is 0 Å². The van der Waals surface area contributed by atoms with E-state index in [1.54, 1.807) is 0 Å². The Morgan fingerprint density at radius 2 is 0.275 bits per heavy atom. The van der Waals surface area contributed by atoms with Crippen molar-refractivity contribution < 1.29 is 0 Å². The van der Waals surface area contributed by atoms with E-state index in [2.05, 4.69) is 458 Å². The highest BCUT2D eigenvalue weighted by molar-refractivity contribution is 6.33. The lowest BCUT2D eigenvalue weighted by atomic mass is 9.80. The van der Waals surface area contributed by atoms with E-state index in [0.717, 1.165) is 67.5 Å². The van der Waals surface area contributed by atoms with Crippen LogP contribution in [-0.4, -0.2) is 29.1 Å². The summed E-state index contributed by atoms with van der Waals surface area (Å²) in [5, 5.41) is 24.2. The molecule has 6 aromatic heterocycles. The van der Waals surface area contributed by atoms with Gasteiger partial charge in [-0.05, 0) is 321 Å². The van der Waals surface area contributed by atoms with E-state index in [1.165, 1.54) is 208 Å². The lowest BCUT2D eigenvalue weighted by Crippen LogP contribution is -1.98. The molecule has 0 aliphatic heterocycles. The highest BCUT2D eigenvalue weighted by atomic mass is 15.0. The molecule has 0 saturated heterocycles. The summed E-state index contributed by atoms with van der Waals surface area (Å²) in [6, 6.07) is 182. The number of rotatable bonds is 14. The van der Waals surface area contributed by atoms with Crippen LogP contribution in [0.4, 0.5) is 0 Å². The van der Waals surface area contributed by atoms with Crippen molar-refractivity contribution in [2.75, 3.05) is 0 Å². The van der Waals surface area contributed by atoms with Crippen molar-refractivity contribution in [2.24, 2.45) is 0 Å². The minimum Gasteiger partial charge on any atom is -0.309 e. The Bertz CT molecular complexity index is 8880. The first kappa shape index (κ1) is 82.6. The van der Waals surface area contributed by atoms with Gasteiger partial charge in [-0.15, -0.1) is 0 Å². The predicted molar refractivity (Wildman–Crippen MR) is 598 cm³/mol. The van der Waals surface area contributed by atoms with E-state index in [4.69, 9.17) is 19.9 Å². The monoisotopic (exact) mass is 1800 g/mol. The molecule has 6 heteroatoms. The van der Waals surface area contributed by atoms with E-state index in [-0.39, 0.29) is 0 Å². The smallest absolute Gasteiger partial charge is 0.0702 e. The Morgan fingerprint density at radius 3 is 0.486 bits per heavy atom.